The quantitative estimate of drug-likeness (QED) is 0.751. The molecule has 1 unspecified atom stereocenters. The predicted octanol–water partition coefficient (Wildman–Crippen LogP) is 1.89. The van der Waals surface area contributed by atoms with Crippen molar-refractivity contribution in [3.8, 4) is 0 Å². The van der Waals surface area contributed by atoms with Gasteiger partial charge >= 0.3 is 12.1 Å². The lowest BCUT2D eigenvalue weighted by atomic mass is 10.2. The van der Waals surface area contributed by atoms with Crippen molar-refractivity contribution in [2.24, 2.45) is 0 Å². The number of carboxylic acids is 1. The van der Waals surface area contributed by atoms with Gasteiger partial charge in [0.1, 0.15) is 12.1 Å². The highest BCUT2D eigenvalue weighted by molar-refractivity contribution is 5.76. The first-order chi connectivity index (χ1) is 11.2. The van der Waals surface area contributed by atoms with E-state index >= 15 is 0 Å². The Morgan fingerprint density at radius 1 is 1.21 bits per heavy atom. The number of benzene rings is 1. The van der Waals surface area contributed by atoms with Crippen LogP contribution in [-0.2, 0) is 20.9 Å². The normalized spacial score (nSPS) is 12.5. The summed E-state index contributed by atoms with van der Waals surface area (Å²) in [6.45, 7) is 4.62. The van der Waals surface area contributed by atoms with E-state index in [9.17, 15) is 14.7 Å². The number of aliphatic hydroxyl groups is 1. The van der Waals surface area contributed by atoms with Crippen LogP contribution in [-0.4, -0.2) is 58.6 Å². The third-order valence-corrected chi connectivity index (χ3v) is 2.83. The summed E-state index contributed by atoms with van der Waals surface area (Å²) in [4.78, 5) is 23.9. The van der Waals surface area contributed by atoms with Crippen molar-refractivity contribution in [1.29, 1.82) is 0 Å². The molecule has 0 heterocycles. The Kier molecular flexibility index (Phi) is 7.67. The molecular weight excluding hydrogens is 314 g/mol. The minimum Gasteiger partial charge on any atom is -0.480 e. The van der Waals surface area contributed by atoms with Crippen LogP contribution < -0.4 is 0 Å². The van der Waals surface area contributed by atoms with Gasteiger partial charge in [0.25, 0.3) is 0 Å². The lowest BCUT2D eigenvalue weighted by molar-refractivity contribution is -0.138. The first-order valence-electron chi connectivity index (χ1n) is 7.67. The standard InChI is InChI=1S/C17H25NO6/c1-17(2,3)24-16(22)18(10-15(20)21)9-14(19)12-23-11-13-7-5-4-6-8-13/h4-8,14,19H,9-12H2,1-3H3,(H,20,21). The molecule has 7 nitrogen and oxygen atoms in total. The third-order valence-electron chi connectivity index (χ3n) is 2.83. The molecule has 0 aliphatic heterocycles. The number of ether oxygens (including phenoxy) is 2. The topological polar surface area (TPSA) is 96.3 Å². The molecule has 0 aliphatic rings. The van der Waals surface area contributed by atoms with Gasteiger partial charge in [-0.15, -0.1) is 0 Å². The minimum atomic E-state index is -1.18. The summed E-state index contributed by atoms with van der Waals surface area (Å²) in [6, 6.07) is 9.44. The maximum absolute atomic E-state index is 12.0. The largest absolute Gasteiger partial charge is 0.480 e. The molecular formula is C17H25NO6. The number of aliphatic carboxylic acids is 1. The molecule has 1 rings (SSSR count). The van der Waals surface area contributed by atoms with E-state index < -0.39 is 30.3 Å². The Bertz CT molecular complexity index is 526. The summed E-state index contributed by atoms with van der Waals surface area (Å²) in [5.41, 5.74) is 0.210. The smallest absolute Gasteiger partial charge is 0.410 e. The maximum atomic E-state index is 12.0. The average Bonchev–Trinajstić information content (AvgIpc) is 2.45. The maximum Gasteiger partial charge on any atom is 0.410 e. The molecule has 0 aliphatic carbocycles. The first kappa shape index (κ1) is 19.9. The molecule has 0 saturated carbocycles. The molecule has 1 aromatic carbocycles. The van der Waals surface area contributed by atoms with E-state index in [-0.39, 0.29) is 13.2 Å². The molecule has 0 saturated heterocycles. The van der Waals surface area contributed by atoms with Crippen molar-refractivity contribution in [3.05, 3.63) is 35.9 Å². The number of hydrogen-bond donors (Lipinski definition) is 2. The molecule has 1 aromatic rings. The van der Waals surface area contributed by atoms with E-state index in [0.29, 0.717) is 6.61 Å². The third kappa shape index (κ3) is 8.50. The van der Waals surface area contributed by atoms with Crippen molar-refractivity contribution in [2.75, 3.05) is 19.7 Å². The highest BCUT2D eigenvalue weighted by Gasteiger charge is 2.25. The van der Waals surface area contributed by atoms with E-state index in [1.807, 2.05) is 30.3 Å². The van der Waals surface area contributed by atoms with Gasteiger partial charge in [-0.2, -0.15) is 0 Å². The second-order valence-corrected chi connectivity index (χ2v) is 6.41. The summed E-state index contributed by atoms with van der Waals surface area (Å²) in [7, 11) is 0. The fraction of sp³-hybridized carbons (Fsp3) is 0.529. The van der Waals surface area contributed by atoms with Crippen LogP contribution in [0.2, 0.25) is 0 Å². The van der Waals surface area contributed by atoms with E-state index in [1.165, 1.54) is 0 Å². The number of rotatable bonds is 8. The summed E-state index contributed by atoms with van der Waals surface area (Å²) in [6.07, 6.45) is -1.80. The highest BCUT2D eigenvalue weighted by atomic mass is 16.6. The van der Waals surface area contributed by atoms with Crippen LogP contribution in [0.4, 0.5) is 4.79 Å². The van der Waals surface area contributed by atoms with Crippen LogP contribution in [0.25, 0.3) is 0 Å². The Morgan fingerprint density at radius 2 is 1.83 bits per heavy atom. The van der Waals surface area contributed by atoms with Crippen molar-refractivity contribution in [2.45, 2.75) is 39.1 Å². The lowest BCUT2D eigenvalue weighted by Crippen LogP contribution is -2.44. The zero-order chi connectivity index (χ0) is 18.2. The first-order valence-corrected chi connectivity index (χ1v) is 7.67. The molecule has 1 amide bonds. The molecule has 0 aromatic heterocycles. The van der Waals surface area contributed by atoms with Gasteiger partial charge in [-0.05, 0) is 26.3 Å². The van der Waals surface area contributed by atoms with E-state index in [2.05, 4.69) is 0 Å². The molecule has 134 valence electrons. The van der Waals surface area contributed by atoms with Crippen LogP contribution in [0.5, 0.6) is 0 Å². The summed E-state index contributed by atoms with van der Waals surface area (Å²) in [5, 5.41) is 18.9. The van der Waals surface area contributed by atoms with Crippen molar-refractivity contribution in [3.63, 3.8) is 0 Å². The van der Waals surface area contributed by atoms with Crippen LogP contribution in [0, 0.1) is 0 Å². The number of hydrogen-bond acceptors (Lipinski definition) is 5. The predicted molar refractivity (Wildman–Crippen MR) is 87.5 cm³/mol. The Labute approximate surface area is 141 Å². The average molecular weight is 339 g/mol. The van der Waals surface area contributed by atoms with E-state index in [4.69, 9.17) is 14.6 Å². The number of aliphatic hydroxyl groups excluding tert-OH is 1. The monoisotopic (exact) mass is 339 g/mol. The molecule has 2 N–H and O–H groups in total. The number of nitrogens with zero attached hydrogens (tertiary/aromatic N) is 1. The summed E-state index contributed by atoms with van der Waals surface area (Å²) >= 11 is 0. The summed E-state index contributed by atoms with van der Waals surface area (Å²) in [5.74, 6) is -1.18. The van der Waals surface area contributed by atoms with Gasteiger partial charge in [-0.3, -0.25) is 9.69 Å². The Hall–Kier alpha value is -2.12. The molecule has 0 bridgehead atoms. The van der Waals surface area contributed by atoms with Gasteiger partial charge in [0.2, 0.25) is 0 Å². The van der Waals surface area contributed by atoms with Crippen LogP contribution in [0.1, 0.15) is 26.3 Å². The zero-order valence-electron chi connectivity index (χ0n) is 14.3. The lowest BCUT2D eigenvalue weighted by Gasteiger charge is -2.27. The molecule has 7 heteroatoms. The van der Waals surface area contributed by atoms with Gasteiger partial charge in [0.15, 0.2) is 0 Å². The van der Waals surface area contributed by atoms with Gasteiger partial charge in [0.05, 0.1) is 25.9 Å². The van der Waals surface area contributed by atoms with Crippen molar-refractivity contribution < 1.29 is 29.3 Å². The van der Waals surface area contributed by atoms with Gasteiger partial charge in [-0.25, -0.2) is 4.79 Å². The fourth-order valence-corrected chi connectivity index (χ4v) is 1.89. The second-order valence-electron chi connectivity index (χ2n) is 6.41. The Morgan fingerprint density at radius 3 is 2.38 bits per heavy atom. The number of carbonyl (C=O) groups excluding carboxylic acids is 1. The molecule has 0 fully saturated rings. The molecule has 24 heavy (non-hydrogen) atoms. The number of carbonyl (C=O) groups is 2. The van der Waals surface area contributed by atoms with E-state index in [0.717, 1.165) is 10.5 Å². The van der Waals surface area contributed by atoms with Gasteiger partial charge in [-0.1, -0.05) is 30.3 Å². The zero-order valence-corrected chi connectivity index (χ0v) is 14.3. The number of amides is 1. The SMILES string of the molecule is CC(C)(C)OC(=O)N(CC(=O)O)CC(O)COCc1ccccc1. The van der Waals surface area contributed by atoms with Gasteiger partial charge in [0, 0.05) is 0 Å². The van der Waals surface area contributed by atoms with Crippen LogP contribution in [0.15, 0.2) is 30.3 Å². The van der Waals surface area contributed by atoms with Crippen LogP contribution in [0.3, 0.4) is 0 Å². The second kappa shape index (κ2) is 9.24. The molecule has 0 radical (unpaired) electrons. The fourth-order valence-electron chi connectivity index (χ4n) is 1.89. The molecule has 1 atom stereocenters. The van der Waals surface area contributed by atoms with Crippen molar-refractivity contribution >= 4 is 12.1 Å². The van der Waals surface area contributed by atoms with E-state index in [1.54, 1.807) is 20.8 Å². The minimum absolute atomic E-state index is 0.0200. The highest BCUT2D eigenvalue weighted by Crippen LogP contribution is 2.10. The molecule has 0 spiro atoms. The van der Waals surface area contributed by atoms with Gasteiger partial charge < -0.3 is 19.7 Å². The van der Waals surface area contributed by atoms with Crippen LogP contribution >= 0.6 is 0 Å². The number of carboxylic acid groups (broad SMARTS) is 1. The van der Waals surface area contributed by atoms with Crippen molar-refractivity contribution in [1.82, 2.24) is 4.90 Å². The Balaban J connectivity index is 2.49. The summed E-state index contributed by atoms with van der Waals surface area (Å²) < 4.78 is 10.5.